The molecule has 1 fully saturated rings. The lowest BCUT2D eigenvalue weighted by Crippen LogP contribution is -2.40. The lowest BCUT2D eigenvalue weighted by atomic mass is 10.1. The van der Waals surface area contributed by atoms with Gasteiger partial charge in [0, 0.05) is 24.5 Å². The molecule has 2 aliphatic heterocycles. The number of rotatable bonds is 5. The van der Waals surface area contributed by atoms with E-state index in [0.29, 0.717) is 38.4 Å². The Kier molecular flexibility index (Phi) is 6.86. The Bertz CT molecular complexity index is 1050. The van der Waals surface area contributed by atoms with Gasteiger partial charge in [0.25, 0.3) is 0 Å². The van der Waals surface area contributed by atoms with Gasteiger partial charge >= 0.3 is 0 Å². The molecular formula is C22H26N2O5S2. The number of hydrogen-bond acceptors (Lipinski definition) is 6. The molecule has 0 saturated carbocycles. The first-order valence-corrected chi connectivity index (χ1v) is 12.7. The van der Waals surface area contributed by atoms with E-state index in [2.05, 4.69) is 0 Å². The molecule has 0 aliphatic carbocycles. The molecular weight excluding hydrogens is 436 g/mol. The molecule has 0 atom stereocenters. The molecule has 31 heavy (non-hydrogen) atoms. The molecule has 2 heterocycles. The highest BCUT2D eigenvalue weighted by Crippen LogP contribution is 2.34. The van der Waals surface area contributed by atoms with Gasteiger partial charge in [-0.1, -0.05) is 18.2 Å². The average molecular weight is 463 g/mol. The molecule has 2 aromatic carbocycles. The van der Waals surface area contributed by atoms with E-state index in [0.717, 1.165) is 22.8 Å². The zero-order chi connectivity index (χ0) is 21.8. The second-order valence-electron chi connectivity index (χ2n) is 7.39. The largest absolute Gasteiger partial charge is 0.495 e. The predicted molar refractivity (Wildman–Crippen MR) is 120 cm³/mol. The fourth-order valence-electron chi connectivity index (χ4n) is 3.82. The van der Waals surface area contributed by atoms with Gasteiger partial charge in [-0.15, -0.1) is 11.8 Å². The molecule has 7 nitrogen and oxygen atoms in total. The highest BCUT2D eigenvalue weighted by atomic mass is 32.2. The number of para-hydroxylation sites is 1. The van der Waals surface area contributed by atoms with Crippen LogP contribution >= 0.6 is 11.8 Å². The fraction of sp³-hybridized carbons (Fsp3) is 0.409. The normalized spacial score (nSPS) is 17.6. The number of fused-ring (bicyclic) bond motifs is 1. The highest BCUT2D eigenvalue weighted by Gasteiger charge is 2.30. The third kappa shape index (κ3) is 4.74. The van der Waals surface area contributed by atoms with E-state index in [9.17, 15) is 13.2 Å². The van der Waals surface area contributed by atoms with Crippen LogP contribution in [0.2, 0.25) is 0 Å². The topological polar surface area (TPSA) is 76.2 Å². The first-order valence-electron chi connectivity index (χ1n) is 10.3. The summed E-state index contributed by atoms with van der Waals surface area (Å²) in [6.45, 7) is 1.99. The van der Waals surface area contributed by atoms with E-state index in [-0.39, 0.29) is 23.0 Å². The van der Waals surface area contributed by atoms with Crippen LogP contribution in [0.25, 0.3) is 0 Å². The summed E-state index contributed by atoms with van der Waals surface area (Å²) >= 11 is 1.76. The number of methoxy groups -OCH3 is 1. The first kappa shape index (κ1) is 22.1. The Balaban J connectivity index is 1.61. The molecule has 1 amide bonds. The van der Waals surface area contributed by atoms with E-state index < -0.39 is 10.0 Å². The predicted octanol–water partition coefficient (Wildman–Crippen LogP) is 2.79. The Morgan fingerprint density at radius 1 is 1.13 bits per heavy atom. The number of amides is 1. The summed E-state index contributed by atoms with van der Waals surface area (Å²) in [5.74, 6) is 1.19. The number of benzene rings is 2. The summed E-state index contributed by atoms with van der Waals surface area (Å²) < 4.78 is 38.4. The van der Waals surface area contributed by atoms with Gasteiger partial charge in [0.1, 0.15) is 10.6 Å². The fourth-order valence-corrected chi connectivity index (χ4v) is 6.42. The number of sulfonamides is 1. The van der Waals surface area contributed by atoms with Crippen molar-refractivity contribution in [2.24, 2.45) is 0 Å². The quantitative estimate of drug-likeness (QED) is 0.680. The van der Waals surface area contributed by atoms with Crippen molar-refractivity contribution in [3.05, 3.63) is 48.0 Å². The van der Waals surface area contributed by atoms with E-state index in [4.69, 9.17) is 9.47 Å². The molecule has 0 unspecified atom stereocenters. The SMILES string of the molecule is COc1ccc(CC(=O)N2CCCSc3ccccc32)cc1S(=O)(=O)N1CCOCC1. The van der Waals surface area contributed by atoms with Crippen LogP contribution in [-0.4, -0.2) is 64.3 Å². The van der Waals surface area contributed by atoms with E-state index >= 15 is 0 Å². The molecule has 2 aromatic rings. The first-order chi connectivity index (χ1) is 15.0. The maximum atomic E-state index is 13.2. The Hall–Kier alpha value is -2.07. The van der Waals surface area contributed by atoms with Crippen molar-refractivity contribution in [2.45, 2.75) is 22.6 Å². The summed E-state index contributed by atoms with van der Waals surface area (Å²) in [5, 5.41) is 0. The number of carbonyl (C=O) groups excluding carboxylic acids is 1. The molecule has 4 rings (SSSR count). The van der Waals surface area contributed by atoms with Crippen molar-refractivity contribution in [3.8, 4) is 5.75 Å². The molecule has 2 aliphatic rings. The minimum atomic E-state index is -3.74. The van der Waals surface area contributed by atoms with Crippen molar-refractivity contribution < 1.29 is 22.7 Å². The number of nitrogens with zero attached hydrogens (tertiary/aromatic N) is 2. The second-order valence-corrected chi connectivity index (χ2v) is 10.4. The summed E-state index contributed by atoms with van der Waals surface area (Å²) in [7, 11) is -2.29. The van der Waals surface area contributed by atoms with Crippen LogP contribution in [0.15, 0.2) is 52.3 Å². The van der Waals surface area contributed by atoms with Gasteiger partial charge in [-0.25, -0.2) is 8.42 Å². The number of carbonyl (C=O) groups is 1. The van der Waals surface area contributed by atoms with Gasteiger partial charge in [-0.3, -0.25) is 4.79 Å². The van der Waals surface area contributed by atoms with Crippen LogP contribution < -0.4 is 9.64 Å². The van der Waals surface area contributed by atoms with Crippen molar-refractivity contribution in [1.82, 2.24) is 4.31 Å². The second kappa shape index (κ2) is 9.60. The van der Waals surface area contributed by atoms with E-state index in [1.165, 1.54) is 11.4 Å². The molecule has 0 N–H and O–H groups in total. The van der Waals surface area contributed by atoms with E-state index in [1.54, 1.807) is 30.0 Å². The number of thioether (sulfide) groups is 1. The zero-order valence-corrected chi connectivity index (χ0v) is 19.1. The van der Waals surface area contributed by atoms with Gasteiger partial charge in [0.15, 0.2) is 0 Å². The third-order valence-corrected chi connectivity index (χ3v) is 8.48. The smallest absolute Gasteiger partial charge is 0.246 e. The van der Waals surface area contributed by atoms with Gasteiger partial charge in [0.2, 0.25) is 15.9 Å². The summed E-state index contributed by atoms with van der Waals surface area (Å²) in [6, 6.07) is 12.9. The Morgan fingerprint density at radius 2 is 1.90 bits per heavy atom. The van der Waals surface area contributed by atoms with Gasteiger partial charge in [0.05, 0.1) is 32.4 Å². The average Bonchev–Trinajstić information content (AvgIpc) is 3.02. The Morgan fingerprint density at radius 3 is 2.68 bits per heavy atom. The van der Waals surface area contributed by atoms with Gasteiger partial charge in [-0.05, 0) is 42.0 Å². The van der Waals surface area contributed by atoms with Crippen molar-refractivity contribution in [2.75, 3.05) is 50.6 Å². The monoisotopic (exact) mass is 462 g/mol. The maximum Gasteiger partial charge on any atom is 0.246 e. The minimum Gasteiger partial charge on any atom is -0.495 e. The third-order valence-electron chi connectivity index (χ3n) is 5.41. The number of hydrogen-bond donors (Lipinski definition) is 0. The van der Waals surface area contributed by atoms with Gasteiger partial charge in [-0.2, -0.15) is 4.31 Å². The van der Waals surface area contributed by atoms with Crippen LogP contribution in [0.1, 0.15) is 12.0 Å². The highest BCUT2D eigenvalue weighted by molar-refractivity contribution is 7.99. The minimum absolute atomic E-state index is 0.0464. The number of ether oxygens (including phenoxy) is 2. The molecule has 0 radical (unpaired) electrons. The van der Waals surface area contributed by atoms with Gasteiger partial charge < -0.3 is 14.4 Å². The molecule has 9 heteroatoms. The Labute approximate surface area is 187 Å². The number of anilines is 1. The summed E-state index contributed by atoms with van der Waals surface area (Å²) in [4.78, 5) is 16.2. The van der Waals surface area contributed by atoms with Crippen LogP contribution in [0, 0.1) is 0 Å². The van der Waals surface area contributed by atoms with Crippen LogP contribution in [0.4, 0.5) is 5.69 Å². The van der Waals surface area contributed by atoms with E-state index in [1.807, 2.05) is 29.2 Å². The van der Waals surface area contributed by atoms with Crippen molar-refractivity contribution in [3.63, 3.8) is 0 Å². The standard InChI is InChI=1S/C22H26N2O5S2/c1-28-19-8-7-17(15-21(19)31(26,27)23-10-12-29-13-11-23)16-22(25)24-9-4-14-30-20-6-3-2-5-18(20)24/h2-3,5-8,15H,4,9-14,16H2,1H3. The zero-order valence-electron chi connectivity index (χ0n) is 17.5. The van der Waals surface area contributed by atoms with Crippen LogP contribution in [-0.2, 0) is 26.0 Å². The van der Waals surface area contributed by atoms with Crippen LogP contribution in [0.5, 0.6) is 5.75 Å². The lowest BCUT2D eigenvalue weighted by molar-refractivity contribution is -0.118. The maximum absolute atomic E-state index is 13.2. The molecule has 1 saturated heterocycles. The summed E-state index contributed by atoms with van der Waals surface area (Å²) in [6.07, 6.45) is 1.03. The molecule has 166 valence electrons. The molecule has 0 bridgehead atoms. The van der Waals surface area contributed by atoms with Crippen LogP contribution in [0.3, 0.4) is 0 Å². The number of morpholine rings is 1. The van der Waals surface area contributed by atoms with Crippen molar-refractivity contribution in [1.29, 1.82) is 0 Å². The molecule has 0 aromatic heterocycles. The summed E-state index contributed by atoms with van der Waals surface area (Å²) in [5.41, 5.74) is 1.57. The van der Waals surface area contributed by atoms with Crippen molar-refractivity contribution >= 4 is 33.4 Å². The lowest BCUT2D eigenvalue weighted by Gasteiger charge is -2.27. The molecule has 0 spiro atoms.